The second kappa shape index (κ2) is 7.58. The monoisotopic (exact) mass is 251 g/mol. The number of ether oxygens (including phenoxy) is 1. The third-order valence-electron chi connectivity index (χ3n) is 2.47. The van der Waals surface area contributed by atoms with Gasteiger partial charge in [0.05, 0.1) is 6.61 Å². The van der Waals surface area contributed by atoms with Gasteiger partial charge in [0.1, 0.15) is 12.9 Å². The maximum absolute atomic E-state index is 11.3. The number of aliphatic hydroxyl groups excluding tert-OH is 1. The van der Waals surface area contributed by atoms with Crippen LogP contribution >= 0.6 is 0 Å². The van der Waals surface area contributed by atoms with E-state index in [0.717, 1.165) is 11.8 Å². The van der Waals surface area contributed by atoms with Crippen LogP contribution in [0.2, 0.25) is 0 Å². The quantitative estimate of drug-likeness (QED) is 0.548. The van der Waals surface area contributed by atoms with Gasteiger partial charge in [-0.2, -0.15) is 0 Å². The highest BCUT2D eigenvalue weighted by Gasteiger charge is 2.07. The van der Waals surface area contributed by atoms with Crippen molar-refractivity contribution >= 4 is 12.3 Å². The van der Waals surface area contributed by atoms with Crippen LogP contribution in [-0.4, -0.2) is 30.0 Å². The third kappa shape index (κ3) is 5.07. The number of hydrogen-bond acceptors (Lipinski definition) is 5. The molecule has 0 aliphatic rings. The summed E-state index contributed by atoms with van der Waals surface area (Å²) in [5, 5.41) is 8.70. The van der Waals surface area contributed by atoms with E-state index in [1.54, 1.807) is 24.3 Å². The van der Waals surface area contributed by atoms with Gasteiger partial charge in [-0.15, -0.1) is 0 Å². The largest absolute Gasteiger partial charge is 0.461 e. The Bertz CT molecular complexity index is 388. The molecule has 0 aromatic heterocycles. The van der Waals surface area contributed by atoms with Crippen molar-refractivity contribution in [2.45, 2.75) is 25.5 Å². The number of esters is 1. The van der Waals surface area contributed by atoms with Crippen molar-refractivity contribution in [3.63, 3.8) is 0 Å². The normalized spacial score (nSPS) is 11.9. The van der Waals surface area contributed by atoms with Crippen LogP contribution in [0.1, 0.15) is 28.8 Å². The number of aldehydes is 1. The van der Waals surface area contributed by atoms with Crippen LogP contribution in [-0.2, 0) is 16.1 Å². The maximum atomic E-state index is 11.3. The van der Waals surface area contributed by atoms with Gasteiger partial charge in [-0.1, -0.05) is 24.3 Å². The fourth-order valence-electron chi connectivity index (χ4n) is 1.32. The molecule has 3 N–H and O–H groups in total. The number of hydrogen-bond donors (Lipinski definition) is 2. The number of rotatable bonds is 7. The van der Waals surface area contributed by atoms with Crippen LogP contribution in [0.5, 0.6) is 0 Å². The Labute approximate surface area is 106 Å². The second-order valence-corrected chi connectivity index (χ2v) is 4.00. The van der Waals surface area contributed by atoms with E-state index in [1.807, 2.05) is 0 Å². The first-order valence-corrected chi connectivity index (χ1v) is 5.72. The molecule has 0 bridgehead atoms. The standard InChI is InChI=1S/C13H17NO4/c14-12(8-16)5-6-13(17)18-9-11-3-1-10(7-15)2-4-11/h1-4,7,12,16H,5-6,8-9,14H2. The minimum atomic E-state index is -0.385. The molecule has 5 heteroatoms. The lowest BCUT2D eigenvalue weighted by atomic mass is 10.1. The van der Waals surface area contributed by atoms with E-state index in [2.05, 4.69) is 0 Å². The SMILES string of the molecule is NC(CO)CCC(=O)OCc1ccc(C=O)cc1. The molecule has 0 spiro atoms. The average molecular weight is 251 g/mol. The molecule has 0 aliphatic carbocycles. The zero-order valence-electron chi connectivity index (χ0n) is 10.0. The molecule has 0 saturated carbocycles. The summed E-state index contributed by atoms with van der Waals surface area (Å²) in [4.78, 5) is 21.8. The summed E-state index contributed by atoms with van der Waals surface area (Å²) >= 11 is 0. The van der Waals surface area contributed by atoms with Crippen LogP contribution in [0.15, 0.2) is 24.3 Å². The van der Waals surface area contributed by atoms with Gasteiger partial charge in [-0.05, 0) is 12.0 Å². The van der Waals surface area contributed by atoms with Crippen molar-refractivity contribution < 1.29 is 19.4 Å². The zero-order chi connectivity index (χ0) is 13.4. The van der Waals surface area contributed by atoms with Gasteiger partial charge in [-0.25, -0.2) is 0 Å². The van der Waals surface area contributed by atoms with Crippen LogP contribution in [0, 0.1) is 0 Å². The van der Waals surface area contributed by atoms with E-state index in [-0.39, 0.29) is 31.6 Å². The number of carbonyl (C=O) groups is 2. The summed E-state index contributed by atoms with van der Waals surface area (Å²) in [6.07, 6.45) is 1.35. The highest BCUT2D eigenvalue weighted by atomic mass is 16.5. The number of aliphatic hydroxyl groups is 1. The first-order valence-electron chi connectivity index (χ1n) is 5.72. The van der Waals surface area contributed by atoms with Crippen LogP contribution < -0.4 is 5.73 Å². The Hall–Kier alpha value is -1.72. The van der Waals surface area contributed by atoms with Crippen LogP contribution in [0.4, 0.5) is 0 Å². The van der Waals surface area contributed by atoms with E-state index < -0.39 is 0 Å². The highest BCUT2D eigenvalue weighted by Crippen LogP contribution is 2.05. The molecule has 1 atom stereocenters. The Balaban J connectivity index is 2.31. The van der Waals surface area contributed by atoms with Crippen molar-refractivity contribution in [2.24, 2.45) is 5.73 Å². The third-order valence-corrected chi connectivity index (χ3v) is 2.47. The molecule has 1 aromatic rings. The molecule has 0 radical (unpaired) electrons. The van der Waals surface area contributed by atoms with Gasteiger partial charge < -0.3 is 15.6 Å². The van der Waals surface area contributed by atoms with Gasteiger partial charge in [0.2, 0.25) is 0 Å². The molecule has 0 aliphatic heterocycles. The lowest BCUT2D eigenvalue weighted by molar-refractivity contribution is -0.145. The molecule has 98 valence electrons. The first-order chi connectivity index (χ1) is 8.65. The fourth-order valence-corrected chi connectivity index (χ4v) is 1.32. The minimum absolute atomic E-state index is 0.138. The molecule has 1 rings (SSSR count). The summed E-state index contributed by atoms with van der Waals surface area (Å²) < 4.78 is 5.03. The molecule has 0 heterocycles. The lowest BCUT2D eigenvalue weighted by Gasteiger charge is -2.08. The summed E-state index contributed by atoms with van der Waals surface area (Å²) in [6.45, 7) is 0.0345. The van der Waals surface area contributed by atoms with Crippen LogP contribution in [0.25, 0.3) is 0 Å². The van der Waals surface area contributed by atoms with Gasteiger partial charge in [0.15, 0.2) is 0 Å². The molecular weight excluding hydrogens is 234 g/mol. The smallest absolute Gasteiger partial charge is 0.306 e. The van der Waals surface area contributed by atoms with E-state index in [9.17, 15) is 9.59 Å². The summed E-state index contributed by atoms with van der Waals surface area (Å²) in [5.74, 6) is -0.349. The Morgan fingerprint density at radius 1 is 1.39 bits per heavy atom. The Morgan fingerprint density at radius 3 is 2.61 bits per heavy atom. The van der Waals surface area contributed by atoms with Gasteiger partial charge in [0.25, 0.3) is 0 Å². The molecule has 1 unspecified atom stereocenters. The molecule has 0 saturated heterocycles. The van der Waals surface area contributed by atoms with Crippen molar-refractivity contribution in [2.75, 3.05) is 6.61 Å². The molecule has 5 nitrogen and oxygen atoms in total. The van der Waals surface area contributed by atoms with E-state index in [1.165, 1.54) is 0 Å². The van der Waals surface area contributed by atoms with E-state index in [0.29, 0.717) is 12.0 Å². The molecule has 1 aromatic carbocycles. The Kier molecular flexibility index (Phi) is 6.04. The predicted octanol–water partition coefficient (Wildman–Crippen LogP) is 0.642. The van der Waals surface area contributed by atoms with Crippen molar-refractivity contribution in [1.29, 1.82) is 0 Å². The van der Waals surface area contributed by atoms with Gasteiger partial charge in [0, 0.05) is 18.0 Å². The van der Waals surface area contributed by atoms with E-state index >= 15 is 0 Å². The van der Waals surface area contributed by atoms with Gasteiger partial charge in [-0.3, -0.25) is 9.59 Å². The molecule has 0 amide bonds. The van der Waals surface area contributed by atoms with Crippen molar-refractivity contribution in [3.8, 4) is 0 Å². The highest BCUT2D eigenvalue weighted by molar-refractivity contribution is 5.74. The Morgan fingerprint density at radius 2 is 2.06 bits per heavy atom. The number of carbonyl (C=O) groups excluding carboxylic acids is 2. The lowest BCUT2D eigenvalue weighted by Crippen LogP contribution is -2.25. The predicted molar refractivity (Wildman–Crippen MR) is 65.9 cm³/mol. The fraction of sp³-hybridized carbons (Fsp3) is 0.385. The topological polar surface area (TPSA) is 89.6 Å². The van der Waals surface area contributed by atoms with Gasteiger partial charge >= 0.3 is 5.97 Å². The van der Waals surface area contributed by atoms with E-state index in [4.69, 9.17) is 15.6 Å². The molecule has 0 fully saturated rings. The first kappa shape index (κ1) is 14.3. The second-order valence-electron chi connectivity index (χ2n) is 4.00. The maximum Gasteiger partial charge on any atom is 0.306 e. The van der Waals surface area contributed by atoms with Crippen molar-refractivity contribution in [3.05, 3.63) is 35.4 Å². The molecular formula is C13H17NO4. The zero-order valence-corrected chi connectivity index (χ0v) is 10.0. The summed E-state index contributed by atoms with van der Waals surface area (Å²) in [6, 6.07) is 6.41. The molecule has 18 heavy (non-hydrogen) atoms. The van der Waals surface area contributed by atoms with Crippen LogP contribution in [0.3, 0.4) is 0 Å². The number of benzene rings is 1. The van der Waals surface area contributed by atoms with Crippen molar-refractivity contribution in [1.82, 2.24) is 0 Å². The minimum Gasteiger partial charge on any atom is -0.461 e. The summed E-state index contributed by atoms with van der Waals surface area (Å²) in [5.41, 5.74) is 6.87. The average Bonchev–Trinajstić information content (AvgIpc) is 2.42. The summed E-state index contributed by atoms with van der Waals surface area (Å²) in [7, 11) is 0. The number of nitrogens with two attached hydrogens (primary N) is 1.